The van der Waals surface area contributed by atoms with Crippen molar-refractivity contribution in [2.75, 3.05) is 126 Å². The maximum atomic E-state index is 11.8. The van der Waals surface area contributed by atoms with Crippen LogP contribution in [0.1, 0.15) is 104 Å². The first kappa shape index (κ1) is 46.1. The van der Waals surface area contributed by atoms with Gasteiger partial charge in [-0.05, 0) is 13.3 Å². The zero-order valence-corrected chi connectivity index (χ0v) is 30.3. The summed E-state index contributed by atoms with van der Waals surface area (Å²) >= 11 is 0. The summed E-state index contributed by atoms with van der Waals surface area (Å²) in [6.07, 6.45) is 17.4. The van der Waals surface area contributed by atoms with Crippen molar-refractivity contribution >= 4 is 5.97 Å². The Labute approximate surface area is 287 Å². The van der Waals surface area contributed by atoms with Crippen LogP contribution in [0.15, 0.2) is 0 Å². The van der Waals surface area contributed by atoms with E-state index in [0.29, 0.717) is 132 Å². The number of esters is 1. The second-order valence-electron chi connectivity index (χ2n) is 11.3. The number of hydrogen-bond donors (Lipinski definition) is 0. The summed E-state index contributed by atoms with van der Waals surface area (Å²) in [4.78, 5) is 11.8. The van der Waals surface area contributed by atoms with Gasteiger partial charge in [-0.2, -0.15) is 0 Å². The fraction of sp³-hybridized carbons (Fsp3) is 0.972. The minimum atomic E-state index is -0.129. The predicted molar refractivity (Wildman–Crippen MR) is 184 cm³/mol. The molecule has 0 aliphatic rings. The van der Waals surface area contributed by atoms with Crippen molar-refractivity contribution in [3.63, 3.8) is 0 Å². The van der Waals surface area contributed by atoms with Crippen LogP contribution in [0.25, 0.3) is 0 Å². The van der Waals surface area contributed by atoms with Gasteiger partial charge in [0.25, 0.3) is 0 Å². The van der Waals surface area contributed by atoms with E-state index in [1.54, 1.807) is 0 Å². The van der Waals surface area contributed by atoms with E-state index in [4.69, 9.17) is 47.4 Å². The fourth-order valence-corrected chi connectivity index (χ4v) is 4.48. The van der Waals surface area contributed by atoms with Crippen LogP contribution in [-0.2, 0) is 52.2 Å². The molecule has 0 heterocycles. The molecule has 0 aliphatic carbocycles. The van der Waals surface area contributed by atoms with E-state index < -0.39 is 0 Å². The molecule has 0 aliphatic heterocycles. The van der Waals surface area contributed by atoms with Gasteiger partial charge >= 0.3 is 5.97 Å². The summed E-state index contributed by atoms with van der Waals surface area (Å²) in [5.74, 6) is -0.129. The molecule has 0 atom stereocenters. The van der Waals surface area contributed by atoms with Gasteiger partial charge in [-0.1, -0.05) is 84.0 Å². The first-order valence-electron chi connectivity index (χ1n) is 18.7. The zero-order chi connectivity index (χ0) is 34.0. The Morgan fingerprint density at radius 3 is 0.872 bits per heavy atom. The molecular weight excluding hydrogens is 608 g/mol. The average Bonchev–Trinajstić information content (AvgIpc) is 3.08. The molecule has 0 spiro atoms. The van der Waals surface area contributed by atoms with Gasteiger partial charge < -0.3 is 47.4 Å². The van der Waals surface area contributed by atoms with Gasteiger partial charge in [-0.3, -0.25) is 4.79 Å². The Balaban J connectivity index is 3.12. The normalized spacial score (nSPS) is 11.4. The van der Waals surface area contributed by atoms with Crippen LogP contribution < -0.4 is 0 Å². The summed E-state index contributed by atoms with van der Waals surface area (Å²) in [5, 5.41) is 0. The van der Waals surface area contributed by atoms with E-state index in [9.17, 15) is 4.79 Å². The molecule has 47 heavy (non-hydrogen) atoms. The SMILES string of the molecule is CCCCCCCCCCCCCCCC(=O)OCCOCCOCCOCCOCCOCCOCCOCCOCCOCC. The fourth-order valence-electron chi connectivity index (χ4n) is 4.48. The molecule has 0 N–H and O–H groups in total. The van der Waals surface area contributed by atoms with Crippen molar-refractivity contribution in [3.05, 3.63) is 0 Å². The van der Waals surface area contributed by atoms with Crippen LogP contribution in [0.5, 0.6) is 0 Å². The van der Waals surface area contributed by atoms with Crippen LogP contribution in [0.3, 0.4) is 0 Å². The maximum absolute atomic E-state index is 11.8. The predicted octanol–water partition coefficient (Wildman–Crippen LogP) is 6.18. The standard InChI is InChI=1S/C36H72O11/c1-3-5-6-7-8-9-10-11-12-13-14-15-16-17-36(37)47-35-34-46-33-32-45-31-30-44-29-28-43-27-26-42-25-24-41-23-22-40-21-20-39-19-18-38-4-2/h3-35H2,1-2H3. The summed E-state index contributed by atoms with van der Waals surface area (Å²) in [7, 11) is 0. The van der Waals surface area contributed by atoms with Crippen molar-refractivity contribution in [3.8, 4) is 0 Å². The van der Waals surface area contributed by atoms with E-state index in [-0.39, 0.29) is 5.97 Å². The van der Waals surface area contributed by atoms with Crippen molar-refractivity contribution < 1.29 is 52.2 Å². The molecule has 11 nitrogen and oxygen atoms in total. The van der Waals surface area contributed by atoms with E-state index in [1.165, 1.54) is 70.6 Å². The average molecular weight is 681 g/mol. The molecule has 0 aromatic rings. The number of rotatable bonds is 42. The van der Waals surface area contributed by atoms with Gasteiger partial charge in [0, 0.05) is 13.0 Å². The van der Waals surface area contributed by atoms with E-state index in [1.807, 2.05) is 6.92 Å². The van der Waals surface area contributed by atoms with Gasteiger partial charge in [-0.15, -0.1) is 0 Å². The Morgan fingerprint density at radius 2 is 0.574 bits per heavy atom. The highest BCUT2D eigenvalue weighted by Crippen LogP contribution is 2.13. The largest absolute Gasteiger partial charge is 0.463 e. The van der Waals surface area contributed by atoms with Crippen molar-refractivity contribution in [2.24, 2.45) is 0 Å². The minimum absolute atomic E-state index is 0.129. The van der Waals surface area contributed by atoms with Crippen LogP contribution in [0, 0.1) is 0 Å². The highest BCUT2D eigenvalue weighted by Gasteiger charge is 2.03. The van der Waals surface area contributed by atoms with Gasteiger partial charge in [-0.25, -0.2) is 0 Å². The summed E-state index contributed by atoms with van der Waals surface area (Å²) < 4.78 is 54.1. The monoisotopic (exact) mass is 681 g/mol. The van der Waals surface area contributed by atoms with Crippen molar-refractivity contribution in [2.45, 2.75) is 104 Å². The Hall–Kier alpha value is -0.890. The lowest BCUT2D eigenvalue weighted by Gasteiger charge is -2.09. The second-order valence-corrected chi connectivity index (χ2v) is 11.3. The maximum Gasteiger partial charge on any atom is 0.305 e. The molecule has 0 unspecified atom stereocenters. The third kappa shape index (κ3) is 43.1. The highest BCUT2D eigenvalue weighted by atomic mass is 16.6. The summed E-state index contributed by atoms with van der Waals surface area (Å²) in [6, 6.07) is 0. The molecule has 0 saturated carbocycles. The van der Waals surface area contributed by atoms with Crippen LogP contribution in [0.2, 0.25) is 0 Å². The Bertz CT molecular complexity index is 583. The van der Waals surface area contributed by atoms with Gasteiger partial charge in [0.05, 0.1) is 112 Å². The van der Waals surface area contributed by atoms with E-state index in [0.717, 1.165) is 12.8 Å². The summed E-state index contributed by atoms with van der Waals surface area (Å²) in [6.45, 7) is 14.0. The highest BCUT2D eigenvalue weighted by molar-refractivity contribution is 5.69. The van der Waals surface area contributed by atoms with Crippen LogP contribution in [-0.4, -0.2) is 132 Å². The quantitative estimate of drug-likeness (QED) is 0.0545. The molecule has 282 valence electrons. The Kier molecular flexibility index (Phi) is 42.3. The molecule has 0 saturated heterocycles. The van der Waals surface area contributed by atoms with Crippen LogP contribution >= 0.6 is 0 Å². The molecule has 0 rings (SSSR count). The molecule has 11 heteroatoms. The number of ether oxygens (including phenoxy) is 10. The molecule has 0 fully saturated rings. The zero-order valence-electron chi connectivity index (χ0n) is 30.3. The second kappa shape index (κ2) is 43.1. The third-order valence-electron chi connectivity index (χ3n) is 7.16. The molecule has 0 radical (unpaired) electrons. The minimum Gasteiger partial charge on any atom is -0.463 e. The van der Waals surface area contributed by atoms with Crippen molar-refractivity contribution in [1.82, 2.24) is 0 Å². The molecule has 0 aromatic carbocycles. The third-order valence-corrected chi connectivity index (χ3v) is 7.16. The number of carbonyl (C=O) groups excluding carboxylic acids is 1. The number of carbonyl (C=O) groups is 1. The lowest BCUT2D eigenvalue weighted by atomic mass is 10.0. The van der Waals surface area contributed by atoms with E-state index in [2.05, 4.69) is 6.92 Å². The van der Waals surface area contributed by atoms with Gasteiger partial charge in [0.2, 0.25) is 0 Å². The van der Waals surface area contributed by atoms with E-state index >= 15 is 0 Å². The molecule has 0 bridgehead atoms. The first-order chi connectivity index (χ1) is 23.3. The topological polar surface area (TPSA) is 109 Å². The smallest absolute Gasteiger partial charge is 0.305 e. The molecule has 0 amide bonds. The van der Waals surface area contributed by atoms with Crippen LogP contribution in [0.4, 0.5) is 0 Å². The lowest BCUT2D eigenvalue weighted by molar-refractivity contribution is -0.145. The Morgan fingerprint density at radius 1 is 0.319 bits per heavy atom. The number of hydrogen-bond acceptors (Lipinski definition) is 11. The number of unbranched alkanes of at least 4 members (excludes halogenated alkanes) is 12. The van der Waals surface area contributed by atoms with Gasteiger partial charge in [0.15, 0.2) is 0 Å². The molecule has 0 aromatic heterocycles. The lowest BCUT2D eigenvalue weighted by Crippen LogP contribution is -2.15. The molecular formula is C36H72O11. The van der Waals surface area contributed by atoms with Crippen molar-refractivity contribution in [1.29, 1.82) is 0 Å². The first-order valence-corrected chi connectivity index (χ1v) is 18.7. The van der Waals surface area contributed by atoms with Gasteiger partial charge in [0.1, 0.15) is 6.61 Å². The summed E-state index contributed by atoms with van der Waals surface area (Å²) in [5.41, 5.74) is 0.